The molecule has 1 N–H and O–H groups in total. The third-order valence-corrected chi connectivity index (χ3v) is 4.61. The zero-order valence-electron chi connectivity index (χ0n) is 15.1. The molecule has 4 rings (SSSR count). The van der Waals surface area contributed by atoms with Gasteiger partial charge in [0.25, 0.3) is 0 Å². The molecule has 0 saturated heterocycles. The first-order chi connectivity index (χ1) is 13.2. The van der Waals surface area contributed by atoms with Crippen LogP contribution in [-0.2, 0) is 0 Å². The van der Waals surface area contributed by atoms with Gasteiger partial charge in [0, 0.05) is 11.1 Å². The molecule has 0 amide bonds. The summed E-state index contributed by atoms with van der Waals surface area (Å²) < 4.78 is 6.28. The molecule has 0 bridgehead atoms. The Labute approximate surface area is 159 Å². The van der Waals surface area contributed by atoms with E-state index >= 15 is 0 Å². The van der Waals surface area contributed by atoms with Crippen molar-refractivity contribution in [1.29, 1.82) is 0 Å². The second kappa shape index (κ2) is 7.38. The van der Waals surface area contributed by atoms with Crippen molar-refractivity contribution in [3.05, 3.63) is 103 Å². The molecule has 2 heteroatoms. The molecule has 0 aliphatic carbocycles. The maximum Gasteiger partial charge on any atom is 0.142 e. The van der Waals surface area contributed by atoms with Crippen LogP contribution in [0.1, 0.15) is 5.56 Å². The Hall–Kier alpha value is -3.52. The number of benzene rings is 4. The van der Waals surface area contributed by atoms with Crippen molar-refractivity contribution < 1.29 is 9.84 Å². The number of aromatic hydroxyl groups is 1. The van der Waals surface area contributed by atoms with E-state index in [0.29, 0.717) is 5.75 Å². The number of para-hydroxylation sites is 1. The van der Waals surface area contributed by atoms with Gasteiger partial charge in [0.1, 0.15) is 17.2 Å². The predicted octanol–water partition coefficient (Wildman–Crippen LogP) is 6.83. The average molecular weight is 352 g/mol. The van der Waals surface area contributed by atoms with Crippen LogP contribution in [0.25, 0.3) is 22.3 Å². The molecule has 0 saturated carbocycles. The minimum Gasteiger partial charge on any atom is -0.508 e. The van der Waals surface area contributed by atoms with Crippen LogP contribution >= 0.6 is 0 Å². The minimum atomic E-state index is 0.222. The largest absolute Gasteiger partial charge is 0.508 e. The van der Waals surface area contributed by atoms with Crippen LogP contribution in [0.5, 0.6) is 17.2 Å². The van der Waals surface area contributed by atoms with E-state index in [1.165, 1.54) is 0 Å². The first kappa shape index (κ1) is 16.9. The van der Waals surface area contributed by atoms with Gasteiger partial charge in [-0.1, -0.05) is 78.9 Å². The van der Waals surface area contributed by atoms with Crippen molar-refractivity contribution in [2.45, 2.75) is 6.92 Å². The number of hydrogen-bond acceptors (Lipinski definition) is 2. The number of ether oxygens (including phenoxy) is 1. The lowest BCUT2D eigenvalue weighted by molar-refractivity contribution is 0.449. The van der Waals surface area contributed by atoms with Gasteiger partial charge in [0.15, 0.2) is 0 Å². The molecular formula is C25H20O2. The van der Waals surface area contributed by atoms with Crippen LogP contribution in [-0.4, -0.2) is 5.11 Å². The fourth-order valence-electron chi connectivity index (χ4n) is 3.21. The van der Waals surface area contributed by atoms with Crippen LogP contribution in [0.3, 0.4) is 0 Å². The molecule has 0 radical (unpaired) electrons. The summed E-state index contributed by atoms with van der Waals surface area (Å²) in [6.45, 7) is 1.88. The van der Waals surface area contributed by atoms with Gasteiger partial charge in [-0.15, -0.1) is 0 Å². The van der Waals surface area contributed by atoms with Crippen molar-refractivity contribution in [2.24, 2.45) is 0 Å². The summed E-state index contributed by atoms with van der Waals surface area (Å²) >= 11 is 0. The predicted molar refractivity (Wildman–Crippen MR) is 110 cm³/mol. The average Bonchev–Trinajstić information content (AvgIpc) is 2.73. The normalized spacial score (nSPS) is 10.6. The summed E-state index contributed by atoms with van der Waals surface area (Å²) in [5, 5.41) is 10.6. The SMILES string of the molecule is Cc1c(O)cc(-c2ccccc2)c(-c2ccccc2)c1Oc1ccccc1. The van der Waals surface area contributed by atoms with Gasteiger partial charge in [0.2, 0.25) is 0 Å². The Balaban J connectivity index is 2.00. The Morgan fingerprint density at radius 3 is 1.78 bits per heavy atom. The van der Waals surface area contributed by atoms with Gasteiger partial charge in [-0.3, -0.25) is 0 Å². The Morgan fingerprint density at radius 2 is 1.19 bits per heavy atom. The summed E-state index contributed by atoms with van der Waals surface area (Å²) in [5.41, 5.74) is 4.71. The van der Waals surface area contributed by atoms with Crippen molar-refractivity contribution in [3.63, 3.8) is 0 Å². The molecule has 0 unspecified atom stereocenters. The summed E-state index contributed by atoms with van der Waals surface area (Å²) in [6, 6.07) is 31.7. The first-order valence-corrected chi connectivity index (χ1v) is 8.94. The molecule has 4 aromatic carbocycles. The lowest BCUT2D eigenvalue weighted by atomic mass is 9.91. The molecule has 0 spiro atoms. The zero-order chi connectivity index (χ0) is 18.6. The summed E-state index contributed by atoms with van der Waals surface area (Å²) in [5.74, 6) is 1.63. The van der Waals surface area contributed by atoms with Crippen LogP contribution in [0.2, 0.25) is 0 Å². The van der Waals surface area contributed by atoms with Gasteiger partial charge >= 0.3 is 0 Å². The van der Waals surface area contributed by atoms with E-state index in [4.69, 9.17) is 4.74 Å². The summed E-state index contributed by atoms with van der Waals surface area (Å²) in [7, 11) is 0. The highest BCUT2D eigenvalue weighted by atomic mass is 16.5. The maximum atomic E-state index is 10.6. The molecule has 4 aromatic rings. The molecule has 27 heavy (non-hydrogen) atoms. The molecule has 2 nitrogen and oxygen atoms in total. The number of phenols is 1. The summed E-state index contributed by atoms with van der Waals surface area (Å²) in [4.78, 5) is 0. The fraction of sp³-hybridized carbons (Fsp3) is 0.0400. The highest BCUT2D eigenvalue weighted by Crippen LogP contribution is 2.46. The van der Waals surface area contributed by atoms with Gasteiger partial charge in [-0.25, -0.2) is 0 Å². The smallest absolute Gasteiger partial charge is 0.142 e. The summed E-state index contributed by atoms with van der Waals surface area (Å²) in [6.07, 6.45) is 0. The standard InChI is InChI=1S/C25H20O2/c1-18-23(26)17-22(19-11-5-2-6-12-19)24(20-13-7-3-8-14-20)25(18)27-21-15-9-4-10-16-21/h2-17,26H,1H3. The monoisotopic (exact) mass is 352 g/mol. The zero-order valence-corrected chi connectivity index (χ0v) is 15.1. The van der Waals surface area contributed by atoms with Crippen LogP contribution < -0.4 is 4.74 Å². The number of phenolic OH excluding ortho intramolecular Hbond substituents is 1. The molecule has 0 aliphatic rings. The second-order valence-electron chi connectivity index (χ2n) is 6.42. The minimum absolute atomic E-state index is 0.222. The highest BCUT2D eigenvalue weighted by molar-refractivity contribution is 5.90. The van der Waals surface area contributed by atoms with E-state index in [2.05, 4.69) is 12.1 Å². The van der Waals surface area contributed by atoms with Gasteiger partial charge in [0.05, 0.1) is 0 Å². The van der Waals surface area contributed by atoms with Gasteiger partial charge in [-0.05, 0) is 41.8 Å². The highest BCUT2D eigenvalue weighted by Gasteiger charge is 2.20. The van der Waals surface area contributed by atoms with Gasteiger partial charge in [-0.2, -0.15) is 0 Å². The molecule has 0 aromatic heterocycles. The lowest BCUT2D eigenvalue weighted by Gasteiger charge is -2.19. The topological polar surface area (TPSA) is 29.5 Å². The third-order valence-electron chi connectivity index (χ3n) is 4.61. The molecule has 0 atom stereocenters. The molecule has 0 fully saturated rings. The van der Waals surface area contributed by atoms with E-state index in [-0.39, 0.29) is 5.75 Å². The second-order valence-corrected chi connectivity index (χ2v) is 6.42. The van der Waals surface area contributed by atoms with Crippen LogP contribution in [0.15, 0.2) is 97.1 Å². The van der Waals surface area contributed by atoms with E-state index in [0.717, 1.165) is 33.6 Å². The van der Waals surface area contributed by atoms with Crippen molar-refractivity contribution in [1.82, 2.24) is 0 Å². The van der Waals surface area contributed by atoms with Crippen LogP contribution in [0.4, 0.5) is 0 Å². The Morgan fingerprint density at radius 1 is 0.667 bits per heavy atom. The quantitative estimate of drug-likeness (QED) is 0.436. The first-order valence-electron chi connectivity index (χ1n) is 8.94. The fourth-order valence-corrected chi connectivity index (χ4v) is 3.21. The Bertz CT molecular complexity index is 1040. The number of hydrogen-bond donors (Lipinski definition) is 1. The van der Waals surface area contributed by atoms with Gasteiger partial charge < -0.3 is 9.84 Å². The third kappa shape index (κ3) is 3.42. The van der Waals surface area contributed by atoms with Crippen molar-refractivity contribution >= 4 is 0 Å². The van der Waals surface area contributed by atoms with Crippen molar-refractivity contribution in [3.8, 4) is 39.5 Å². The molecule has 0 aliphatic heterocycles. The maximum absolute atomic E-state index is 10.6. The number of rotatable bonds is 4. The lowest BCUT2D eigenvalue weighted by Crippen LogP contribution is -1.95. The van der Waals surface area contributed by atoms with E-state index in [9.17, 15) is 5.11 Å². The van der Waals surface area contributed by atoms with Crippen LogP contribution in [0, 0.1) is 6.92 Å². The molecule has 132 valence electrons. The van der Waals surface area contributed by atoms with E-state index in [1.54, 1.807) is 0 Å². The molecular weight excluding hydrogens is 332 g/mol. The Kier molecular flexibility index (Phi) is 4.63. The molecule has 0 heterocycles. The van der Waals surface area contributed by atoms with E-state index in [1.807, 2.05) is 91.9 Å². The van der Waals surface area contributed by atoms with E-state index < -0.39 is 0 Å². The van der Waals surface area contributed by atoms with Crippen molar-refractivity contribution in [2.75, 3.05) is 0 Å².